The summed E-state index contributed by atoms with van der Waals surface area (Å²) in [5, 5.41) is 4.52. The van der Waals surface area contributed by atoms with Gasteiger partial charge in [-0.1, -0.05) is 58.7 Å². The van der Waals surface area contributed by atoms with Crippen LogP contribution in [0.4, 0.5) is 0 Å². The van der Waals surface area contributed by atoms with Crippen LogP contribution in [0.1, 0.15) is 37.4 Å². The van der Waals surface area contributed by atoms with Gasteiger partial charge in [0.15, 0.2) is 0 Å². The number of benzene rings is 2. The Morgan fingerprint density at radius 1 is 1.14 bits per heavy atom. The average Bonchev–Trinajstić information content (AvgIpc) is 2.44. The molecule has 2 rings (SSSR count). The molecule has 2 unspecified atom stereocenters. The minimum absolute atomic E-state index is 0.372. The van der Waals surface area contributed by atoms with Gasteiger partial charge in [-0.2, -0.15) is 0 Å². The fourth-order valence-electron chi connectivity index (χ4n) is 2.59. The zero-order valence-electron chi connectivity index (χ0n) is 12.4. The highest BCUT2D eigenvalue weighted by Gasteiger charge is 2.13. The van der Waals surface area contributed by atoms with Crippen LogP contribution >= 0.6 is 27.5 Å². The molecule has 0 saturated heterocycles. The zero-order chi connectivity index (χ0) is 15.2. The Morgan fingerprint density at radius 2 is 1.90 bits per heavy atom. The lowest BCUT2D eigenvalue weighted by Gasteiger charge is -2.23. The van der Waals surface area contributed by atoms with Crippen LogP contribution in [-0.4, -0.2) is 6.04 Å². The molecule has 0 aliphatic heterocycles. The minimum Gasteiger partial charge on any atom is -0.307 e. The van der Waals surface area contributed by atoms with Crippen molar-refractivity contribution >= 4 is 27.5 Å². The predicted molar refractivity (Wildman–Crippen MR) is 94.9 cm³/mol. The van der Waals surface area contributed by atoms with E-state index >= 15 is 0 Å². The predicted octanol–water partition coefficient (Wildman–Crippen LogP) is 5.77. The van der Waals surface area contributed by atoms with E-state index in [1.807, 2.05) is 18.2 Å². The quantitative estimate of drug-likeness (QED) is 0.684. The van der Waals surface area contributed by atoms with Gasteiger partial charge in [0.25, 0.3) is 0 Å². The van der Waals surface area contributed by atoms with Crippen LogP contribution in [-0.2, 0) is 6.42 Å². The van der Waals surface area contributed by atoms with Gasteiger partial charge in [-0.05, 0) is 55.2 Å². The van der Waals surface area contributed by atoms with E-state index in [2.05, 4.69) is 65.4 Å². The Hall–Kier alpha value is -0.830. The monoisotopic (exact) mass is 365 g/mol. The molecular formula is C18H21BrClN. The van der Waals surface area contributed by atoms with Crippen molar-refractivity contribution in [3.8, 4) is 0 Å². The maximum atomic E-state index is 6.05. The lowest BCUT2D eigenvalue weighted by molar-refractivity contribution is 0.443. The molecule has 0 heterocycles. The van der Waals surface area contributed by atoms with Crippen LogP contribution in [0.25, 0.3) is 0 Å². The molecule has 2 aromatic rings. The molecule has 0 saturated carbocycles. The molecule has 0 spiro atoms. The van der Waals surface area contributed by atoms with Crippen molar-refractivity contribution in [1.82, 2.24) is 5.32 Å². The normalized spacial score (nSPS) is 13.9. The standard InChI is InChI=1S/C18H21BrClN/c1-3-18(15-7-5-8-16(19)12-15)21-13(2)10-14-6-4-9-17(20)11-14/h4-9,11-13,18,21H,3,10H2,1-2H3. The van der Waals surface area contributed by atoms with Crippen molar-refractivity contribution < 1.29 is 0 Å². The summed E-state index contributed by atoms with van der Waals surface area (Å²) < 4.78 is 1.13. The lowest BCUT2D eigenvalue weighted by Crippen LogP contribution is -2.32. The summed E-state index contributed by atoms with van der Waals surface area (Å²) in [4.78, 5) is 0. The van der Waals surface area contributed by atoms with Gasteiger partial charge >= 0.3 is 0 Å². The first-order valence-corrected chi connectivity index (χ1v) is 8.51. The lowest BCUT2D eigenvalue weighted by atomic mass is 10.0. The molecule has 0 aliphatic carbocycles. The summed E-state index contributed by atoms with van der Waals surface area (Å²) in [6.45, 7) is 4.44. The topological polar surface area (TPSA) is 12.0 Å². The van der Waals surface area contributed by atoms with Gasteiger partial charge in [0.1, 0.15) is 0 Å². The number of hydrogen-bond donors (Lipinski definition) is 1. The summed E-state index contributed by atoms with van der Waals surface area (Å²) in [6.07, 6.45) is 2.04. The largest absolute Gasteiger partial charge is 0.307 e. The first-order valence-electron chi connectivity index (χ1n) is 7.34. The average molecular weight is 367 g/mol. The van der Waals surface area contributed by atoms with E-state index in [4.69, 9.17) is 11.6 Å². The van der Waals surface area contributed by atoms with E-state index in [0.29, 0.717) is 12.1 Å². The van der Waals surface area contributed by atoms with Gasteiger partial charge < -0.3 is 5.32 Å². The van der Waals surface area contributed by atoms with Crippen LogP contribution in [0.2, 0.25) is 5.02 Å². The highest BCUT2D eigenvalue weighted by atomic mass is 79.9. The Kier molecular flexibility index (Phi) is 6.28. The molecule has 0 aliphatic rings. The summed E-state index contributed by atoms with van der Waals surface area (Å²) in [5.74, 6) is 0. The molecular weight excluding hydrogens is 346 g/mol. The fraction of sp³-hybridized carbons (Fsp3) is 0.333. The molecule has 0 aromatic heterocycles. The van der Waals surface area contributed by atoms with Crippen molar-refractivity contribution in [2.24, 2.45) is 0 Å². The first kappa shape index (κ1) is 16.5. The first-order chi connectivity index (χ1) is 10.1. The van der Waals surface area contributed by atoms with Gasteiger partial charge in [0, 0.05) is 21.6 Å². The van der Waals surface area contributed by atoms with Crippen molar-refractivity contribution in [3.05, 3.63) is 69.2 Å². The summed E-state index contributed by atoms with van der Waals surface area (Å²) in [5.41, 5.74) is 2.59. The molecule has 1 N–H and O–H groups in total. The number of hydrogen-bond acceptors (Lipinski definition) is 1. The van der Waals surface area contributed by atoms with Crippen molar-refractivity contribution in [2.45, 2.75) is 38.8 Å². The Labute approximate surface area is 140 Å². The van der Waals surface area contributed by atoms with E-state index < -0.39 is 0 Å². The van der Waals surface area contributed by atoms with Crippen molar-refractivity contribution in [2.75, 3.05) is 0 Å². The Bertz CT molecular complexity index is 585. The van der Waals surface area contributed by atoms with Gasteiger partial charge in [-0.25, -0.2) is 0 Å². The zero-order valence-corrected chi connectivity index (χ0v) is 14.8. The van der Waals surface area contributed by atoms with Crippen LogP contribution in [0.5, 0.6) is 0 Å². The van der Waals surface area contributed by atoms with Gasteiger partial charge in [0.2, 0.25) is 0 Å². The van der Waals surface area contributed by atoms with Crippen LogP contribution in [0, 0.1) is 0 Å². The van der Waals surface area contributed by atoms with Crippen LogP contribution in [0.15, 0.2) is 53.0 Å². The maximum Gasteiger partial charge on any atom is 0.0408 e. The summed E-state index contributed by atoms with van der Waals surface area (Å²) in [6, 6.07) is 17.4. The third-order valence-corrected chi connectivity index (χ3v) is 4.30. The second kappa shape index (κ2) is 7.98. The Morgan fingerprint density at radius 3 is 2.57 bits per heavy atom. The van der Waals surface area contributed by atoms with E-state index in [-0.39, 0.29) is 0 Å². The third-order valence-electron chi connectivity index (χ3n) is 3.58. The number of halogens is 2. The smallest absolute Gasteiger partial charge is 0.0408 e. The maximum absolute atomic E-state index is 6.05. The molecule has 0 fully saturated rings. The SMILES string of the molecule is CCC(NC(C)Cc1cccc(Cl)c1)c1cccc(Br)c1. The second-order valence-electron chi connectivity index (χ2n) is 5.42. The van der Waals surface area contributed by atoms with E-state index in [9.17, 15) is 0 Å². The highest BCUT2D eigenvalue weighted by molar-refractivity contribution is 9.10. The molecule has 2 atom stereocenters. The van der Waals surface area contributed by atoms with E-state index in [1.54, 1.807) is 0 Å². The number of nitrogens with one attached hydrogen (secondary N) is 1. The fourth-order valence-corrected chi connectivity index (χ4v) is 3.22. The second-order valence-corrected chi connectivity index (χ2v) is 6.77. The molecule has 21 heavy (non-hydrogen) atoms. The third kappa shape index (κ3) is 5.14. The molecule has 2 aromatic carbocycles. The Balaban J connectivity index is 2.01. The molecule has 0 amide bonds. The van der Waals surface area contributed by atoms with E-state index in [1.165, 1.54) is 11.1 Å². The molecule has 0 radical (unpaired) electrons. The van der Waals surface area contributed by atoms with Gasteiger partial charge in [-0.15, -0.1) is 0 Å². The summed E-state index contributed by atoms with van der Waals surface area (Å²) in [7, 11) is 0. The van der Waals surface area contributed by atoms with Crippen molar-refractivity contribution in [1.29, 1.82) is 0 Å². The van der Waals surface area contributed by atoms with Crippen LogP contribution < -0.4 is 5.32 Å². The van der Waals surface area contributed by atoms with Crippen LogP contribution in [0.3, 0.4) is 0 Å². The van der Waals surface area contributed by atoms with Gasteiger partial charge in [-0.3, -0.25) is 0 Å². The molecule has 112 valence electrons. The van der Waals surface area contributed by atoms with Crippen molar-refractivity contribution in [3.63, 3.8) is 0 Å². The highest BCUT2D eigenvalue weighted by Crippen LogP contribution is 2.22. The molecule has 1 nitrogen and oxygen atoms in total. The number of rotatable bonds is 6. The van der Waals surface area contributed by atoms with E-state index in [0.717, 1.165) is 22.3 Å². The molecule has 0 bridgehead atoms. The minimum atomic E-state index is 0.372. The molecule has 3 heteroatoms. The van der Waals surface area contributed by atoms with Gasteiger partial charge in [0.05, 0.1) is 0 Å². The summed E-state index contributed by atoms with van der Waals surface area (Å²) >= 11 is 9.59.